The molecule has 2 aromatic carbocycles. The molecule has 166 valence electrons. The predicted octanol–water partition coefficient (Wildman–Crippen LogP) is 4.94. The number of para-hydroxylation sites is 1. The number of unbranched alkanes of at least 4 members (excludes halogenated alkanes) is 1. The number of benzene rings is 2. The maximum absolute atomic E-state index is 12.8. The van der Waals surface area contributed by atoms with E-state index in [1.54, 1.807) is 23.6 Å². The van der Waals surface area contributed by atoms with Crippen LogP contribution in [-0.4, -0.2) is 40.9 Å². The lowest BCUT2D eigenvalue weighted by molar-refractivity contribution is -0.118. The first kappa shape index (κ1) is 22.1. The van der Waals surface area contributed by atoms with Crippen LogP contribution >= 0.6 is 11.8 Å². The molecule has 1 amide bonds. The van der Waals surface area contributed by atoms with Crippen LogP contribution in [0.1, 0.15) is 38.5 Å². The van der Waals surface area contributed by atoms with Crippen LogP contribution in [0, 0.1) is 0 Å². The minimum atomic E-state index is -0.670. The number of fused-ring (bicyclic) bond motifs is 3. The molecule has 1 aliphatic heterocycles. The van der Waals surface area contributed by atoms with Crippen LogP contribution in [0.15, 0.2) is 53.7 Å². The van der Waals surface area contributed by atoms with Crippen molar-refractivity contribution in [2.45, 2.75) is 38.1 Å². The molecule has 0 unspecified atom stereocenters. The molecule has 2 heterocycles. The molecule has 0 radical (unpaired) electrons. The highest BCUT2D eigenvalue weighted by atomic mass is 32.2. The summed E-state index contributed by atoms with van der Waals surface area (Å²) in [7, 11) is 3.98. The van der Waals surface area contributed by atoms with E-state index in [0.717, 1.165) is 41.1 Å². The van der Waals surface area contributed by atoms with Crippen molar-refractivity contribution in [2.24, 2.45) is 0 Å². The fourth-order valence-electron chi connectivity index (χ4n) is 3.58. The number of ether oxygens (including phenoxy) is 1. The van der Waals surface area contributed by atoms with Gasteiger partial charge in [-0.25, -0.2) is 0 Å². The highest BCUT2D eigenvalue weighted by Gasteiger charge is 2.34. The van der Waals surface area contributed by atoms with E-state index in [-0.39, 0.29) is 5.91 Å². The summed E-state index contributed by atoms with van der Waals surface area (Å²) in [6.45, 7) is 3.70. The van der Waals surface area contributed by atoms with Gasteiger partial charge in [0.2, 0.25) is 23.2 Å². The summed E-state index contributed by atoms with van der Waals surface area (Å²) in [4.78, 5) is 21.2. The van der Waals surface area contributed by atoms with Gasteiger partial charge in [-0.1, -0.05) is 55.4 Å². The van der Waals surface area contributed by atoms with E-state index in [4.69, 9.17) is 4.74 Å². The Morgan fingerprint density at radius 2 is 1.88 bits per heavy atom. The van der Waals surface area contributed by atoms with E-state index in [9.17, 15) is 4.79 Å². The summed E-state index contributed by atoms with van der Waals surface area (Å²) < 4.78 is 6.41. The number of aromatic nitrogens is 3. The lowest BCUT2D eigenvalue weighted by Gasteiger charge is -2.30. The number of anilines is 2. The smallest absolute Gasteiger partial charge is 0.247 e. The molecule has 0 aliphatic carbocycles. The normalized spacial score (nSPS) is 14.8. The molecule has 0 N–H and O–H groups in total. The Labute approximate surface area is 192 Å². The fourth-order valence-corrected chi connectivity index (χ4v) is 4.44. The Hall–Kier alpha value is -3.13. The van der Waals surface area contributed by atoms with Crippen molar-refractivity contribution in [3.05, 3.63) is 54.1 Å². The topological polar surface area (TPSA) is 71.5 Å². The minimum absolute atomic E-state index is 0.127. The van der Waals surface area contributed by atoms with E-state index in [0.29, 0.717) is 16.7 Å². The molecule has 1 aromatic heterocycles. The molecule has 0 saturated heterocycles. The van der Waals surface area contributed by atoms with E-state index in [1.807, 2.05) is 67.5 Å². The Morgan fingerprint density at radius 3 is 2.56 bits per heavy atom. The second-order valence-electron chi connectivity index (χ2n) is 7.81. The molecule has 1 aliphatic rings. The van der Waals surface area contributed by atoms with Gasteiger partial charge in [0.15, 0.2) is 5.69 Å². The minimum Gasteiger partial charge on any atom is -0.447 e. The van der Waals surface area contributed by atoms with Crippen molar-refractivity contribution in [3.8, 4) is 17.1 Å². The van der Waals surface area contributed by atoms with E-state index in [2.05, 4.69) is 22.1 Å². The van der Waals surface area contributed by atoms with Gasteiger partial charge in [-0.3, -0.25) is 9.69 Å². The fraction of sp³-hybridized carbons (Fsp3) is 0.333. The summed E-state index contributed by atoms with van der Waals surface area (Å²) in [5.41, 5.74) is 3.96. The number of hydrogen-bond acceptors (Lipinski definition) is 7. The summed E-state index contributed by atoms with van der Waals surface area (Å²) in [5.74, 6) is 1.18. The molecule has 1 atom stereocenters. The van der Waals surface area contributed by atoms with Gasteiger partial charge in [0.25, 0.3) is 0 Å². The number of rotatable bonds is 6. The van der Waals surface area contributed by atoms with Crippen molar-refractivity contribution in [1.29, 1.82) is 0 Å². The maximum atomic E-state index is 12.8. The van der Waals surface area contributed by atoms with E-state index < -0.39 is 6.23 Å². The molecule has 7 nitrogen and oxygen atoms in total. The molecule has 4 rings (SSSR count). The standard InChI is InChI=1S/C24H27N5O2S/c1-5-6-15-32-24-25-22-21(26-27-24)19-9-7-8-10-20(19)29(16(2)30)23(31-22)17-11-13-18(14-12-17)28(3)4/h7-14,23H,5-6,15H2,1-4H3/t23-/m0/s1. The third-order valence-corrected chi connectivity index (χ3v) is 6.20. The van der Waals surface area contributed by atoms with Crippen LogP contribution < -0.4 is 14.5 Å². The second kappa shape index (κ2) is 9.56. The van der Waals surface area contributed by atoms with Crippen LogP contribution in [0.4, 0.5) is 11.4 Å². The van der Waals surface area contributed by atoms with Crippen LogP contribution in [0.2, 0.25) is 0 Å². The third-order valence-electron chi connectivity index (χ3n) is 5.27. The van der Waals surface area contributed by atoms with Crippen molar-refractivity contribution >= 4 is 29.0 Å². The van der Waals surface area contributed by atoms with E-state index >= 15 is 0 Å². The summed E-state index contributed by atoms with van der Waals surface area (Å²) in [6, 6.07) is 15.6. The lowest BCUT2D eigenvalue weighted by Crippen LogP contribution is -2.36. The van der Waals surface area contributed by atoms with Crippen LogP contribution in [0.3, 0.4) is 0 Å². The number of amides is 1. The molecule has 0 fully saturated rings. The van der Waals surface area contributed by atoms with Gasteiger partial charge in [-0.15, -0.1) is 10.2 Å². The first-order chi connectivity index (χ1) is 15.5. The highest BCUT2D eigenvalue weighted by Crippen LogP contribution is 2.43. The second-order valence-corrected chi connectivity index (χ2v) is 8.87. The zero-order chi connectivity index (χ0) is 22.7. The number of nitrogens with zero attached hydrogens (tertiary/aromatic N) is 5. The number of thioether (sulfide) groups is 1. The number of hydrogen-bond donors (Lipinski definition) is 0. The monoisotopic (exact) mass is 449 g/mol. The Balaban J connectivity index is 1.82. The predicted molar refractivity (Wildman–Crippen MR) is 128 cm³/mol. The average molecular weight is 450 g/mol. The van der Waals surface area contributed by atoms with Crippen molar-refractivity contribution < 1.29 is 9.53 Å². The van der Waals surface area contributed by atoms with E-state index in [1.165, 1.54) is 0 Å². The van der Waals surface area contributed by atoms with Crippen molar-refractivity contribution in [1.82, 2.24) is 15.2 Å². The van der Waals surface area contributed by atoms with Gasteiger partial charge in [0.1, 0.15) is 0 Å². The number of carbonyl (C=O) groups is 1. The molecule has 0 bridgehead atoms. The van der Waals surface area contributed by atoms with Gasteiger partial charge in [0, 0.05) is 43.6 Å². The van der Waals surface area contributed by atoms with Crippen LogP contribution in [-0.2, 0) is 4.79 Å². The number of carbonyl (C=O) groups excluding carboxylic acids is 1. The summed E-state index contributed by atoms with van der Waals surface area (Å²) in [6.07, 6.45) is 1.51. The Kier molecular flexibility index (Phi) is 6.60. The molecule has 0 spiro atoms. The Bertz CT molecular complexity index is 1100. The lowest BCUT2D eigenvalue weighted by atomic mass is 10.1. The zero-order valence-electron chi connectivity index (χ0n) is 18.8. The summed E-state index contributed by atoms with van der Waals surface area (Å²) in [5, 5.41) is 9.35. The SMILES string of the molecule is CCCCSc1nnc2c(n1)O[C@@H](c1ccc(N(C)C)cc1)N(C(C)=O)c1ccccc1-2. The van der Waals surface area contributed by atoms with Gasteiger partial charge < -0.3 is 9.64 Å². The quantitative estimate of drug-likeness (QED) is 0.390. The third kappa shape index (κ3) is 4.41. The molecular formula is C24H27N5O2S. The molecule has 32 heavy (non-hydrogen) atoms. The molecule has 8 heteroatoms. The largest absolute Gasteiger partial charge is 0.447 e. The first-order valence-electron chi connectivity index (χ1n) is 10.7. The zero-order valence-corrected chi connectivity index (χ0v) is 19.6. The molecule has 0 saturated carbocycles. The summed E-state index contributed by atoms with van der Waals surface area (Å²) >= 11 is 1.56. The van der Waals surface area contributed by atoms with Gasteiger partial charge in [0.05, 0.1) is 5.69 Å². The van der Waals surface area contributed by atoms with Gasteiger partial charge in [-0.05, 0) is 24.6 Å². The van der Waals surface area contributed by atoms with Crippen LogP contribution in [0.5, 0.6) is 5.88 Å². The Morgan fingerprint density at radius 1 is 1.12 bits per heavy atom. The average Bonchev–Trinajstić information content (AvgIpc) is 2.93. The van der Waals surface area contributed by atoms with Crippen LogP contribution in [0.25, 0.3) is 11.3 Å². The highest BCUT2D eigenvalue weighted by molar-refractivity contribution is 7.99. The van der Waals surface area contributed by atoms with Gasteiger partial charge in [-0.2, -0.15) is 4.98 Å². The maximum Gasteiger partial charge on any atom is 0.247 e. The van der Waals surface area contributed by atoms with Crippen molar-refractivity contribution in [2.75, 3.05) is 29.6 Å². The molecule has 3 aromatic rings. The van der Waals surface area contributed by atoms with Crippen molar-refractivity contribution in [3.63, 3.8) is 0 Å². The van der Waals surface area contributed by atoms with Gasteiger partial charge >= 0.3 is 0 Å². The molecular weight excluding hydrogens is 422 g/mol. The first-order valence-corrected chi connectivity index (χ1v) is 11.7.